The van der Waals surface area contributed by atoms with Crippen molar-refractivity contribution in [3.63, 3.8) is 0 Å². The molecule has 0 fully saturated rings. The predicted octanol–water partition coefficient (Wildman–Crippen LogP) is 3.26. The van der Waals surface area contributed by atoms with Gasteiger partial charge in [-0.2, -0.15) is 0 Å². The van der Waals surface area contributed by atoms with E-state index in [4.69, 9.17) is 4.42 Å². The topological polar surface area (TPSA) is 51.0 Å². The first-order valence-electron chi connectivity index (χ1n) is 5.61. The Labute approximate surface area is 101 Å². The van der Waals surface area contributed by atoms with E-state index in [-0.39, 0.29) is 5.54 Å². The quantitative estimate of drug-likeness (QED) is 0.862. The highest BCUT2D eigenvalue weighted by molar-refractivity contribution is 5.57. The first-order valence-corrected chi connectivity index (χ1v) is 5.61. The summed E-state index contributed by atoms with van der Waals surface area (Å²) in [6, 6.07) is 3.77. The van der Waals surface area contributed by atoms with E-state index < -0.39 is 0 Å². The van der Waals surface area contributed by atoms with Gasteiger partial charge < -0.3 is 9.73 Å². The summed E-state index contributed by atoms with van der Waals surface area (Å²) in [6.07, 6.45) is 3.40. The third kappa shape index (κ3) is 2.84. The highest BCUT2D eigenvalue weighted by atomic mass is 16.3. The molecule has 0 saturated carbocycles. The number of furan rings is 1. The molecule has 4 nitrogen and oxygen atoms in total. The maximum atomic E-state index is 5.42. The highest BCUT2D eigenvalue weighted by Crippen LogP contribution is 2.23. The molecule has 0 aliphatic heterocycles. The fourth-order valence-electron chi connectivity index (χ4n) is 1.52. The molecule has 0 amide bonds. The van der Waals surface area contributed by atoms with E-state index in [0.717, 1.165) is 17.0 Å². The predicted molar refractivity (Wildman–Crippen MR) is 67.8 cm³/mol. The summed E-state index contributed by atoms with van der Waals surface area (Å²) in [6.45, 7) is 8.21. The Hall–Kier alpha value is -1.84. The lowest BCUT2D eigenvalue weighted by Gasteiger charge is -2.20. The van der Waals surface area contributed by atoms with Gasteiger partial charge in [0.15, 0.2) is 5.76 Å². The molecule has 0 aliphatic carbocycles. The first-order chi connectivity index (χ1) is 7.96. The van der Waals surface area contributed by atoms with Crippen LogP contribution in [0.3, 0.4) is 0 Å². The Kier molecular flexibility index (Phi) is 2.88. The minimum absolute atomic E-state index is 0.0587. The number of nitrogens with one attached hydrogen (secondary N) is 1. The second-order valence-electron chi connectivity index (χ2n) is 5.07. The minimum atomic E-state index is -0.0587. The molecule has 0 aliphatic rings. The highest BCUT2D eigenvalue weighted by Gasteiger charge is 2.13. The fourth-order valence-corrected chi connectivity index (χ4v) is 1.52. The molecule has 1 N–H and O–H groups in total. The lowest BCUT2D eigenvalue weighted by atomic mass is 10.1. The van der Waals surface area contributed by atoms with Crippen LogP contribution in [0.4, 0.5) is 5.95 Å². The van der Waals surface area contributed by atoms with Crippen molar-refractivity contribution in [2.75, 3.05) is 5.32 Å². The lowest BCUT2D eigenvalue weighted by molar-refractivity contribution is 0.577. The number of hydrogen-bond acceptors (Lipinski definition) is 4. The van der Waals surface area contributed by atoms with Crippen molar-refractivity contribution in [3.8, 4) is 11.5 Å². The number of anilines is 1. The average molecular weight is 231 g/mol. The van der Waals surface area contributed by atoms with Crippen LogP contribution >= 0.6 is 0 Å². The molecule has 0 bridgehead atoms. The third-order valence-corrected chi connectivity index (χ3v) is 2.24. The molecular formula is C13H17N3O. The monoisotopic (exact) mass is 231 g/mol. The normalized spacial score (nSPS) is 11.5. The van der Waals surface area contributed by atoms with E-state index in [1.165, 1.54) is 0 Å². The van der Waals surface area contributed by atoms with Crippen molar-refractivity contribution in [3.05, 3.63) is 30.2 Å². The number of aryl methyl sites for hydroxylation is 1. The smallest absolute Gasteiger partial charge is 0.223 e. The molecule has 4 heteroatoms. The van der Waals surface area contributed by atoms with Gasteiger partial charge in [0, 0.05) is 11.7 Å². The van der Waals surface area contributed by atoms with Crippen LogP contribution in [0.1, 0.15) is 26.3 Å². The maximum absolute atomic E-state index is 5.42. The lowest BCUT2D eigenvalue weighted by Crippen LogP contribution is -2.27. The maximum Gasteiger partial charge on any atom is 0.223 e. The van der Waals surface area contributed by atoms with Gasteiger partial charge in [0.25, 0.3) is 0 Å². The van der Waals surface area contributed by atoms with Crippen LogP contribution in [-0.2, 0) is 0 Å². The standard InChI is InChI=1S/C13H17N3O/c1-9-6-8-17-11(9)10-5-7-14-12(15-10)16-13(2,3)4/h5-8H,1-4H3,(H,14,15,16). The van der Waals surface area contributed by atoms with Gasteiger partial charge in [-0.1, -0.05) is 0 Å². The second-order valence-corrected chi connectivity index (χ2v) is 5.07. The molecule has 2 rings (SSSR count). The number of aromatic nitrogens is 2. The van der Waals surface area contributed by atoms with Crippen molar-refractivity contribution in [2.45, 2.75) is 33.2 Å². The van der Waals surface area contributed by atoms with Crippen LogP contribution in [0.2, 0.25) is 0 Å². The summed E-state index contributed by atoms with van der Waals surface area (Å²) >= 11 is 0. The van der Waals surface area contributed by atoms with Gasteiger partial charge in [-0.25, -0.2) is 9.97 Å². The zero-order valence-corrected chi connectivity index (χ0v) is 10.6. The Balaban J connectivity index is 2.32. The molecule has 0 saturated heterocycles. The summed E-state index contributed by atoms with van der Waals surface area (Å²) < 4.78 is 5.42. The molecule has 2 aromatic rings. The molecule has 0 radical (unpaired) electrons. The van der Waals surface area contributed by atoms with Crippen molar-refractivity contribution in [1.29, 1.82) is 0 Å². The molecule has 0 spiro atoms. The molecule has 2 heterocycles. The Morgan fingerprint density at radius 3 is 2.59 bits per heavy atom. The second kappa shape index (κ2) is 4.20. The summed E-state index contributed by atoms with van der Waals surface area (Å²) in [4.78, 5) is 8.65. The largest absolute Gasteiger partial charge is 0.462 e. The van der Waals surface area contributed by atoms with Gasteiger partial charge >= 0.3 is 0 Å². The Morgan fingerprint density at radius 2 is 2.00 bits per heavy atom. The number of hydrogen-bond donors (Lipinski definition) is 1. The summed E-state index contributed by atoms with van der Waals surface area (Å²) in [5.74, 6) is 1.41. The summed E-state index contributed by atoms with van der Waals surface area (Å²) in [5, 5.41) is 3.24. The molecule has 2 aromatic heterocycles. The molecule has 90 valence electrons. The van der Waals surface area contributed by atoms with Crippen LogP contribution in [0.5, 0.6) is 0 Å². The molecule has 0 aromatic carbocycles. The Morgan fingerprint density at radius 1 is 1.24 bits per heavy atom. The van der Waals surface area contributed by atoms with E-state index >= 15 is 0 Å². The van der Waals surface area contributed by atoms with Gasteiger partial charge in [-0.3, -0.25) is 0 Å². The number of rotatable bonds is 2. The molecule has 0 unspecified atom stereocenters. The third-order valence-electron chi connectivity index (χ3n) is 2.24. The average Bonchev–Trinajstić information content (AvgIpc) is 2.62. The van der Waals surface area contributed by atoms with Crippen molar-refractivity contribution in [1.82, 2.24) is 9.97 Å². The van der Waals surface area contributed by atoms with Crippen LogP contribution in [-0.4, -0.2) is 15.5 Å². The van der Waals surface area contributed by atoms with Crippen molar-refractivity contribution in [2.24, 2.45) is 0 Å². The van der Waals surface area contributed by atoms with Crippen molar-refractivity contribution >= 4 is 5.95 Å². The van der Waals surface area contributed by atoms with Crippen LogP contribution in [0.15, 0.2) is 29.0 Å². The zero-order chi connectivity index (χ0) is 12.5. The molecule has 17 heavy (non-hydrogen) atoms. The number of nitrogens with zero attached hydrogens (tertiary/aromatic N) is 2. The first kappa shape index (κ1) is 11.6. The van der Waals surface area contributed by atoms with E-state index in [9.17, 15) is 0 Å². The van der Waals surface area contributed by atoms with Crippen LogP contribution in [0, 0.1) is 6.92 Å². The molecular weight excluding hydrogens is 214 g/mol. The fraction of sp³-hybridized carbons (Fsp3) is 0.385. The minimum Gasteiger partial charge on any atom is -0.462 e. The van der Waals surface area contributed by atoms with Gasteiger partial charge in [-0.05, 0) is 45.4 Å². The zero-order valence-electron chi connectivity index (χ0n) is 10.6. The van der Waals surface area contributed by atoms with Crippen LogP contribution in [0.25, 0.3) is 11.5 Å². The van der Waals surface area contributed by atoms with Gasteiger partial charge in [0.05, 0.1) is 6.26 Å². The summed E-state index contributed by atoms with van der Waals surface area (Å²) in [5.41, 5.74) is 1.82. The van der Waals surface area contributed by atoms with E-state index in [0.29, 0.717) is 5.95 Å². The van der Waals surface area contributed by atoms with Gasteiger partial charge in [-0.15, -0.1) is 0 Å². The Bertz CT molecular complexity index is 511. The SMILES string of the molecule is Cc1ccoc1-c1ccnc(NC(C)(C)C)n1. The van der Waals surface area contributed by atoms with Gasteiger partial charge in [0.1, 0.15) is 5.69 Å². The summed E-state index contributed by atoms with van der Waals surface area (Å²) in [7, 11) is 0. The van der Waals surface area contributed by atoms with E-state index in [1.807, 2.05) is 19.1 Å². The van der Waals surface area contributed by atoms with Gasteiger partial charge in [0.2, 0.25) is 5.95 Å². The molecule has 0 atom stereocenters. The van der Waals surface area contributed by atoms with E-state index in [1.54, 1.807) is 12.5 Å². The van der Waals surface area contributed by atoms with E-state index in [2.05, 4.69) is 36.1 Å². The van der Waals surface area contributed by atoms with Crippen molar-refractivity contribution < 1.29 is 4.42 Å². The van der Waals surface area contributed by atoms with Crippen LogP contribution < -0.4 is 5.32 Å².